The van der Waals surface area contributed by atoms with Crippen molar-refractivity contribution in [2.24, 2.45) is 11.7 Å². The minimum absolute atomic E-state index is 0.00519. The van der Waals surface area contributed by atoms with Crippen LogP contribution in [0, 0.1) is 5.92 Å². The lowest BCUT2D eigenvalue weighted by Gasteiger charge is -2.19. The third kappa shape index (κ3) is 2.72. The molecule has 2 amide bonds. The van der Waals surface area contributed by atoms with E-state index in [4.69, 9.17) is 10.2 Å². The Hall–Kier alpha value is -2.60. The van der Waals surface area contributed by atoms with Crippen molar-refractivity contribution in [2.75, 3.05) is 18.0 Å². The number of rotatable bonds is 3. The van der Waals surface area contributed by atoms with Crippen molar-refractivity contribution in [1.29, 1.82) is 0 Å². The van der Waals surface area contributed by atoms with Crippen LogP contribution in [0.5, 0.6) is 0 Å². The fraction of sp³-hybridized carbons (Fsp3) is 0.368. The van der Waals surface area contributed by atoms with E-state index in [-0.39, 0.29) is 23.8 Å². The molecule has 0 spiro atoms. The van der Waals surface area contributed by atoms with Gasteiger partial charge in [0.25, 0.3) is 5.91 Å². The third-order valence-corrected chi connectivity index (χ3v) is 5.15. The van der Waals surface area contributed by atoms with Crippen molar-refractivity contribution in [3.05, 3.63) is 53.5 Å². The Morgan fingerprint density at radius 1 is 1.28 bits per heavy atom. The highest BCUT2D eigenvalue weighted by molar-refractivity contribution is 6.01. The van der Waals surface area contributed by atoms with Crippen molar-refractivity contribution in [1.82, 2.24) is 4.90 Å². The van der Waals surface area contributed by atoms with Gasteiger partial charge < -0.3 is 20.0 Å². The first-order valence-electron chi connectivity index (χ1n) is 8.54. The highest BCUT2D eigenvalue weighted by Gasteiger charge is 2.34. The zero-order valence-corrected chi connectivity index (χ0v) is 14.1. The van der Waals surface area contributed by atoms with Gasteiger partial charge in [0.2, 0.25) is 5.91 Å². The summed E-state index contributed by atoms with van der Waals surface area (Å²) >= 11 is 0. The van der Waals surface area contributed by atoms with Crippen LogP contribution < -0.4 is 10.6 Å². The summed E-state index contributed by atoms with van der Waals surface area (Å²) in [7, 11) is 0. The van der Waals surface area contributed by atoms with E-state index < -0.39 is 0 Å². The van der Waals surface area contributed by atoms with Crippen LogP contribution in [-0.4, -0.2) is 35.8 Å². The Morgan fingerprint density at radius 3 is 2.84 bits per heavy atom. The summed E-state index contributed by atoms with van der Waals surface area (Å²) in [4.78, 5) is 28.6. The van der Waals surface area contributed by atoms with E-state index in [1.165, 1.54) is 6.26 Å². The van der Waals surface area contributed by atoms with Gasteiger partial charge in [-0.1, -0.05) is 25.1 Å². The maximum absolute atomic E-state index is 12.8. The monoisotopic (exact) mass is 339 g/mol. The maximum atomic E-state index is 12.8. The standard InChI is InChI=1S/C19H21N3O3/c1-12-9-21(11-15(12)20)19(24)18-14(6-7-25-18)10-22-16-5-3-2-4-13(16)8-17(22)23/h2-7,12,15H,8-11,20H2,1H3. The zero-order chi connectivity index (χ0) is 17.6. The van der Waals surface area contributed by atoms with Gasteiger partial charge in [-0.2, -0.15) is 0 Å². The molecule has 130 valence electrons. The van der Waals surface area contributed by atoms with Crippen LogP contribution in [0.25, 0.3) is 0 Å². The summed E-state index contributed by atoms with van der Waals surface area (Å²) in [6.45, 7) is 3.54. The van der Waals surface area contributed by atoms with Crippen LogP contribution in [0.1, 0.15) is 28.6 Å². The Balaban J connectivity index is 1.57. The first-order valence-corrected chi connectivity index (χ1v) is 8.54. The van der Waals surface area contributed by atoms with Gasteiger partial charge in [0.05, 0.1) is 19.2 Å². The van der Waals surface area contributed by atoms with Crippen LogP contribution in [0.2, 0.25) is 0 Å². The van der Waals surface area contributed by atoms with Crippen molar-refractivity contribution in [2.45, 2.75) is 25.9 Å². The highest BCUT2D eigenvalue weighted by atomic mass is 16.3. The molecule has 0 saturated carbocycles. The summed E-state index contributed by atoms with van der Waals surface area (Å²) < 4.78 is 5.47. The second kappa shape index (κ2) is 6.04. The van der Waals surface area contributed by atoms with Gasteiger partial charge in [0.15, 0.2) is 5.76 Å². The van der Waals surface area contributed by atoms with E-state index in [2.05, 4.69) is 0 Å². The summed E-state index contributed by atoms with van der Waals surface area (Å²) in [6, 6.07) is 9.50. The molecule has 1 fully saturated rings. The zero-order valence-electron chi connectivity index (χ0n) is 14.1. The van der Waals surface area contributed by atoms with Crippen LogP contribution in [-0.2, 0) is 17.8 Å². The van der Waals surface area contributed by atoms with Crippen LogP contribution >= 0.6 is 0 Å². The fourth-order valence-electron chi connectivity index (χ4n) is 3.61. The van der Waals surface area contributed by atoms with Gasteiger partial charge in [-0.25, -0.2) is 0 Å². The Bertz CT molecular complexity index is 819. The number of carbonyl (C=O) groups is 2. The lowest BCUT2D eigenvalue weighted by Crippen LogP contribution is -2.33. The van der Waals surface area contributed by atoms with Crippen LogP contribution in [0.15, 0.2) is 41.0 Å². The number of nitrogens with two attached hydrogens (primary N) is 1. The molecule has 2 atom stereocenters. The Kier molecular flexibility index (Phi) is 3.84. The molecule has 4 rings (SSSR count). The highest BCUT2D eigenvalue weighted by Crippen LogP contribution is 2.31. The normalized spacial score (nSPS) is 22.6. The molecule has 25 heavy (non-hydrogen) atoms. The van der Waals surface area contributed by atoms with Gasteiger partial charge in [-0.3, -0.25) is 9.59 Å². The minimum atomic E-state index is -0.153. The number of furan rings is 1. The molecule has 6 nitrogen and oxygen atoms in total. The second-order valence-electron chi connectivity index (χ2n) is 6.91. The summed E-state index contributed by atoms with van der Waals surface area (Å²) in [5, 5.41) is 0. The molecule has 2 unspecified atom stereocenters. The molecule has 0 aliphatic carbocycles. The third-order valence-electron chi connectivity index (χ3n) is 5.15. The van der Waals surface area contributed by atoms with E-state index in [1.54, 1.807) is 15.9 Å². The van der Waals surface area contributed by atoms with E-state index in [1.807, 2.05) is 31.2 Å². The quantitative estimate of drug-likeness (QED) is 0.924. The molecule has 1 aromatic heterocycles. The SMILES string of the molecule is CC1CN(C(=O)c2occc2CN2C(=O)Cc3ccccc32)CC1N. The molecule has 0 bridgehead atoms. The van der Waals surface area contributed by atoms with Crippen LogP contribution in [0.3, 0.4) is 0 Å². The summed E-state index contributed by atoms with van der Waals surface area (Å²) in [5.74, 6) is 0.463. The van der Waals surface area contributed by atoms with Gasteiger partial charge in [-0.15, -0.1) is 0 Å². The number of amides is 2. The number of hydrogen-bond acceptors (Lipinski definition) is 4. The largest absolute Gasteiger partial charge is 0.459 e. The smallest absolute Gasteiger partial charge is 0.289 e. The summed E-state index contributed by atoms with van der Waals surface area (Å²) in [6.07, 6.45) is 1.91. The molecule has 2 N–H and O–H groups in total. The van der Waals surface area contributed by atoms with E-state index in [9.17, 15) is 9.59 Å². The van der Waals surface area contributed by atoms with Gasteiger partial charge in [0, 0.05) is 30.4 Å². The van der Waals surface area contributed by atoms with E-state index >= 15 is 0 Å². The number of nitrogens with zero attached hydrogens (tertiary/aromatic N) is 2. The van der Waals surface area contributed by atoms with Crippen molar-refractivity contribution in [3.63, 3.8) is 0 Å². The van der Waals surface area contributed by atoms with E-state index in [0.29, 0.717) is 31.8 Å². The molecule has 2 aliphatic rings. The molecule has 0 radical (unpaired) electrons. The summed E-state index contributed by atoms with van der Waals surface area (Å²) in [5.41, 5.74) is 8.67. The lowest BCUT2D eigenvalue weighted by atomic mass is 10.1. The average Bonchev–Trinajstić information content (AvgIpc) is 3.27. The first-order chi connectivity index (χ1) is 12.0. The van der Waals surface area contributed by atoms with Crippen molar-refractivity contribution < 1.29 is 14.0 Å². The second-order valence-corrected chi connectivity index (χ2v) is 6.91. The Morgan fingerprint density at radius 2 is 2.08 bits per heavy atom. The fourth-order valence-corrected chi connectivity index (χ4v) is 3.61. The molecule has 1 saturated heterocycles. The molecule has 1 aromatic carbocycles. The lowest BCUT2D eigenvalue weighted by molar-refractivity contribution is -0.117. The number of fused-ring (bicyclic) bond motifs is 1. The van der Waals surface area contributed by atoms with Gasteiger partial charge >= 0.3 is 0 Å². The maximum Gasteiger partial charge on any atom is 0.289 e. The van der Waals surface area contributed by atoms with Crippen molar-refractivity contribution >= 4 is 17.5 Å². The molecule has 2 aromatic rings. The molecule has 2 aliphatic heterocycles. The predicted octanol–water partition coefficient (Wildman–Crippen LogP) is 1.79. The van der Waals surface area contributed by atoms with Crippen LogP contribution in [0.4, 0.5) is 5.69 Å². The predicted molar refractivity (Wildman–Crippen MR) is 93.1 cm³/mol. The molecular formula is C19H21N3O3. The number of para-hydroxylation sites is 1. The topological polar surface area (TPSA) is 79.8 Å². The number of anilines is 1. The number of benzene rings is 1. The van der Waals surface area contributed by atoms with E-state index in [0.717, 1.165) is 16.8 Å². The first kappa shape index (κ1) is 15.9. The average molecular weight is 339 g/mol. The molecular weight excluding hydrogens is 318 g/mol. The van der Waals surface area contributed by atoms with Gasteiger partial charge in [0.1, 0.15) is 0 Å². The van der Waals surface area contributed by atoms with Gasteiger partial charge in [-0.05, 0) is 23.6 Å². The van der Waals surface area contributed by atoms with Crippen molar-refractivity contribution in [3.8, 4) is 0 Å². The minimum Gasteiger partial charge on any atom is -0.459 e. The number of carbonyl (C=O) groups excluding carboxylic acids is 2. The molecule has 3 heterocycles. The number of hydrogen-bond donors (Lipinski definition) is 1. The number of likely N-dealkylation sites (tertiary alicyclic amines) is 1. The molecule has 6 heteroatoms. The Labute approximate surface area is 146 Å².